The Hall–Kier alpha value is -2.64. The van der Waals surface area contributed by atoms with Crippen LogP contribution in [-0.2, 0) is 0 Å². The Morgan fingerprint density at radius 3 is 2.69 bits per heavy atom. The topological polar surface area (TPSA) is 84.7 Å². The van der Waals surface area contributed by atoms with Crippen molar-refractivity contribution in [3.8, 4) is 11.5 Å². The number of hydrogen-bond donors (Lipinski definition) is 1. The first-order chi connectivity index (χ1) is 12.5. The first-order valence-electron chi connectivity index (χ1n) is 8.19. The normalized spacial score (nSPS) is 17.0. The fourth-order valence-electron chi connectivity index (χ4n) is 2.82. The highest BCUT2D eigenvalue weighted by atomic mass is 35.5. The van der Waals surface area contributed by atoms with E-state index in [-0.39, 0.29) is 28.4 Å². The molecule has 1 atom stereocenters. The second kappa shape index (κ2) is 7.72. The maximum Gasteiger partial charge on any atom is 0.313 e. The molecule has 0 unspecified atom stereocenters. The molecule has 2 aromatic carbocycles. The van der Waals surface area contributed by atoms with Crippen molar-refractivity contribution in [2.45, 2.75) is 13.0 Å². The van der Waals surface area contributed by atoms with Gasteiger partial charge < -0.3 is 15.0 Å². The van der Waals surface area contributed by atoms with E-state index in [4.69, 9.17) is 16.3 Å². The molecular formula is C18H18ClN3O4. The maximum atomic E-state index is 12.6. The summed E-state index contributed by atoms with van der Waals surface area (Å²) < 4.78 is 5.59. The summed E-state index contributed by atoms with van der Waals surface area (Å²) >= 11 is 5.80. The summed E-state index contributed by atoms with van der Waals surface area (Å²) in [7, 11) is 0. The minimum absolute atomic E-state index is 0.0389. The quantitative estimate of drug-likeness (QED) is 0.653. The van der Waals surface area contributed by atoms with Crippen LogP contribution in [-0.4, -0.2) is 41.4 Å². The van der Waals surface area contributed by atoms with E-state index in [1.807, 2.05) is 11.8 Å². The largest absolute Gasteiger partial charge is 0.450 e. The Kier molecular flexibility index (Phi) is 5.39. The van der Waals surface area contributed by atoms with Crippen molar-refractivity contribution in [3.63, 3.8) is 0 Å². The SMILES string of the molecule is C[C@@H]1CNCCN1C(=O)c1ccc(Oc2ccc(Cl)cc2[N+](=O)[O-])cc1. The molecule has 1 heterocycles. The lowest BCUT2D eigenvalue weighted by atomic mass is 10.1. The summed E-state index contributed by atoms with van der Waals surface area (Å²) in [5, 5.41) is 14.6. The highest BCUT2D eigenvalue weighted by molar-refractivity contribution is 6.30. The van der Waals surface area contributed by atoms with E-state index in [1.54, 1.807) is 24.3 Å². The van der Waals surface area contributed by atoms with Gasteiger partial charge in [0.1, 0.15) is 5.75 Å². The van der Waals surface area contributed by atoms with Gasteiger partial charge in [0.2, 0.25) is 5.75 Å². The number of piperazine rings is 1. The van der Waals surface area contributed by atoms with Gasteiger partial charge in [-0.3, -0.25) is 14.9 Å². The number of amides is 1. The van der Waals surface area contributed by atoms with Crippen LogP contribution in [0.4, 0.5) is 5.69 Å². The molecule has 0 bridgehead atoms. The molecule has 2 aromatic rings. The van der Waals surface area contributed by atoms with Gasteiger partial charge in [-0.2, -0.15) is 0 Å². The molecule has 0 aromatic heterocycles. The number of nitrogens with zero attached hydrogens (tertiary/aromatic N) is 2. The van der Waals surface area contributed by atoms with Crippen LogP contribution in [0.1, 0.15) is 17.3 Å². The Balaban J connectivity index is 1.76. The van der Waals surface area contributed by atoms with Gasteiger partial charge in [0.15, 0.2) is 0 Å². The molecule has 1 amide bonds. The van der Waals surface area contributed by atoms with E-state index >= 15 is 0 Å². The molecule has 7 nitrogen and oxygen atoms in total. The Morgan fingerprint density at radius 2 is 2.04 bits per heavy atom. The van der Waals surface area contributed by atoms with Crippen LogP contribution in [0.15, 0.2) is 42.5 Å². The highest BCUT2D eigenvalue weighted by Crippen LogP contribution is 2.33. The molecule has 3 rings (SSSR count). The summed E-state index contributed by atoms with van der Waals surface area (Å²) in [4.78, 5) is 25.0. The van der Waals surface area contributed by atoms with Crippen molar-refractivity contribution >= 4 is 23.2 Å². The smallest absolute Gasteiger partial charge is 0.313 e. The molecule has 1 saturated heterocycles. The fourth-order valence-corrected chi connectivity index (χ4v) is 2.99. The zero-order valence-corrected chi connectivity index (χ0v) is 14.9. The van der Waals surface area contributed by atoms with E-state index in [0.717, 1.165) is 13.1 Å². The molecule has 26 heavy (non-hydrogen) atoms. The summed E-state index contributed by atoms with van der Waals surface area (Å²) in [5.74, 6) is 0.456. The molecule has 1 aliphatic heterocycles. The molecule has 1 N–H and O–H groups in total. The molecule has 8 heteroatoms. The monoisotopic (exact) mass is 375 g/mol. The van der Waals surface area contributed by atoms with Crippen LogP contribution in [0.25, 0.3) is 0 Å². The number of carbonyl (C=O) groups is 1. The number of nitrogens with one attached hydrogen (secondary N) is 1. The fraction of sp³-hybridized carbons (Fsp3) is 0.278. The van der Waals surface area contributed by atoms with Crippen LogP contribution in [0, 0.1) is 10.1 Å². The molecule has 0 aliphatic carbocycles. The van der Waals surface area contributed by atoms with Gasteiger partial charge in [-0.25, -0.2) is 0 Å². The molecule has 136 valence electrons. The van der Waals surface area contributed by atoms with Gasteiger partial charge in [-0.1, -0.05) is 11.6 Å². The van der Waals surface area contributed by atoms with E-state index in [2.05, 4.69) is 5.32 Å². The van der Waals surface area contributed by atoms with Crippen molar-refractivity contribution in [1.82, 2.24) is 10.2 Å². The number of nitro benzene ring substituents is 1. The molecule has 1 aliphatic rings. The lowest BCUT2D eigenvalue weighted by molar-refractivity contribution is -0.385. The van der Waals surface area contributed by atoms with Gasteiger partial charge in [0.05, 0.1) is 4.92 Å². The van der Waals surface area contributed by atoms with Crippen LogP contribution < -0.4 is 10.1 Å². The Labute approximate surface area is 155 Å². The minimum atomic E-state index is -0.551. The Bertz CT molecular complexity index is 826. The summed E-state index contributed by atoms with van der Waals surface area (Å²) in [5.41, 5.74) is 0.337. The van der Waals surface area contributed by atoms with E-state index in [0.29, 0.717) is 17.9 Å². The van der Waals surface area contributed by atoms with Gasteiger partial charge >= 0.3 is 5.69 Å². The molecule has 0 spiro atoms. The minimum Gasteiger partial charge on any atom is -0.450 e. The maximum absolute atomic E-state index is 12.6. The average molecular weight is 376 g/mol. The zero-order valence-electron chi connectivity index (χ0n) is 14.1. The highest BCUT2D eigenvalue weighted by Gasteiger charge is 2.24. The summed E-state index contributed by atoms with van der Waals surface area (Å²) in [6.07, 6.45) is 0. The lowest BCUT2D eigenvalue weighted by Gasteiger charge is -2.34. The molecular weight excluding hydrogens is 358 g/mol. The third kappa shape index (κ3) is 3.95. The number of rotatable bonds is 4. The van der Waals surface area contributed by atoms with Crippen molar-refractivity contribution in [3.05, 3.63) is 63.2 Å². The first-order valence-corrected chi connectivity index (χ1v) is 8.57. The van der Waals surface area contributed by atoms with Gasteiger partial charge in [-0.15, -0.1) is 0 Å². The zero-order chi connectivity index (χ0) is 18.7. The average Bonchev–Trinajstić information content (AvgIpc) is 2.63. The van der Waals surface area contributed by atoms with Crippen LogP contribution in [0.3, 0.4) is 0 Å². The third-order valence-corrected chi connectivity index (χ3v) is 4.44. The van der Waals surface area contributed by atoms with Gasteiger partial charge in [0, 0.05) is 42.3 Å². The molecule has 0 saturated carbocycles. The van der Waals surface area contributed by atoms with Crippen molar-refractivity contribution < 1.29 is 14.5 Å². The Morgan fingerprint density at radius 1 is 1.31 bits per heavy atom. The summed E-state index contributed by atoms with van der Waals surface area (Å²) in [6.45, 7) is 4.21. The van der Waals surface area contributed by atoms with Crippen LogP contribution >= 0.6 is 11.6 Å². The van der Waals surface area contributed by atoms with Crippen LogP contribution in [0.2, 0.25) is 5.02 Å². The second-order valence-corrected chi connectivity index (χ2v) is 6.48. The summed E-state index contributed by atoms with van der Waals surface area (Å²) in [6, 6.07) is 10.9. The number of benzene rings is 2. The van der Waals surface area contributed by atoms with Gasteiger partial charge in [0.25, 0.3) is 5.91 Å². The lowest BCUT2D eigenvalue weighted by Crippen LogP contribution is -2.52. The molecule has 1 fully saturated rings. The first kappa shape index (κ1) is 18.2. The number of halogens is 1. The number of hydrogen-bond acceptors (Lipinski definition) is 5. The van der Waals surface area contributed by atoms with E-state index in [9.17, 15) is 14.9 Å². The predicted octanol–water partition coefficient (Wildman–Crippen LogP) is 3.47. The molecule has 0 radical (unpaired) electrons. The van der Waals surface area contributed by atoms with Crippen molar-refractivity contribution in [2.75, 3.05) is 19.6 Å². The van der Waals surface area contributed by atoms with E-state index < -0.39 is 4.92 Å². The second-order valence-electron chi connectivity index (χ2n) is 6.05. The standard InChI is InChI=1S/C18H18ClN3O4/c1-12-11-20-8-9-21(12)18(23)13-2-5-15(6-3-13)26-17-7-4-14(19)10-16(17)22(24)25/h2-7,10,12,20H,8-9,11H2,1H3/t12-/m1/s1. The number of carbonyl (C=O) groups excluding carboxylic acids is 1. The third-order valence-electron chi connectivity index (χ3n) is 4.21. The van der Waals surface area contributed by atoms with Crippen molar-refractivity contribution in [1.29, 1.82) is 0 Å². The predicted molar refractivity (Wildman–Crippen MR) is 98.0 cm³/mol. The van der Waals surface area contributed by atoms with Crippen molar-refractivity contribution in [2.24, 2.45) is 0 Å². The van der Waals surface area contributed by atoms with Crippen LogP contribution in [0.5, 0.6) is 11.5 Å². The number of ether oxygens (including phenoxy) is 1. The van der Waals surface area contributed by atoms with Gasteiger partial charge in [-0.05, 0) is 43.3 Å². The number of nitro groups is 1. The van der Waals surface area contributed by atoms with E-state index in [1.165, 1.54) is 18.2 Å².